The van der Waals surface area contributed by atoms with Crippen LogP contribution in [0.3, 0.4) is 0 Å². The number of carboxylic acid groups (broad SMARTS) is 2. The summed E-state index contributed by atoms with van der Waals surface area (Å²) in [4.78, 5) is 54.7. The summed E-state index contributed by atoms with van der Waals surface area (Å²) in [6.45, 7) is 0.998. The molecule has 7 N–H and O–H groups in total. The summed E-state index contributed by atoms with van der Waals surface area (Å²) in [5.74, 6) is -2.89. The normalized spacial score (nSPS) is 15.2. The molecule has 0 unspecified atom stereocenters. The van der Waals surface area contributed by atoms with Crippen molar-refractivity contribution in [3.05, 3.63) is 40.2 Å². The number of H-pyrrole nitrogens is 1. The summed E-state index contributed by atoms with van der Waals surface area (Å²) in [5.41, 5.74) is 6.56. The van der Waals surface area contributed by atoms with Crippen LogP contribution < -0.4 is 66.8 Å². The summed E-state index contributed by atoms with van der Waals surface area (Å²) in [6.07, 6.45) is -0.759. The van der Waals surface area contributed by atoms with E-state index in [0.717, 1.165) is 0 Å². The van der Waals surface area contributed by atoms with Crippen molar-refractivity contribution in [3.8, 4) is 0 Å². The van der Waals surface area contributed by atoms with Gasteiger partial charge in [0.15, 0.2) is 5.82 Å². The molecule has 2 atom stereocenters. The minimum absolute atomic E-state index is 0. The number of amides is 1. The van der Waals surface area contributed by atoms with Crippen LogP contribution in [-0.2, 0) is 9.59 Å². The second-order valence-electron chi connectivity index (χ2n) is 7.53. The van der Waals surface area contributed by atoms with E-state index in [0.29, 0.717) is 30.3 Å². The number of aliphatic carboxylic acids is 2. The largest absolute Gasteiger partial charge is 1.00 e. The van der Waals surface area contributed by atoms with Crippen molar-refractivity contribution in [1.29, 1.82) is 0 Å². The van der Waals surface area contributed by atoms with E-state index in [1.165, 1.54) is 12.1 Å². The molecule has 0 fully saturated rings. The van der Waals surface area contributed by atoms with Crippen molar-refractivity contribution in [3.63, 3.8) is 0 Å². The van der Waals surface area contributed by atoms with Gasteiger partial charge in [0.05, 0.1) is 6.04 Å². The van der Waals surface area contributed by atoms with E-state index in [2.05, 4.69) is 25.9 Å². The Morgan fingerprint density at radius 2 is 2.00 bits per heavy atom. The standard InChI is InChI=1S/C20H25N7O6.Na/c1-27-12(9-23-16-15(27)18(31)26-20(21)25-16)8-22-11-4-2-10(3-5-11)17(30)24-13(19(32)33)6-7-14(28)29;/h2-5,12-13,22H,6-9H2,1H3,(H,24,30)(H,28,29)(H,32,33)(H4,21,23,25,26,31);/q;+1/p-1/t12-,13-;/m0./s1. The van der Waals surface area contributed by atoms with Gasteiger partial charge in [-0.3, -0.25) is 14.6 Å². The number of nitrogens with one attached hydrogen (secondary N) is 4. The van der Waals surface area contributed by atoms with Crippen molar-refractivity contribution < 1.29 is 54.2 Å². The Bertz CT molecular complexity index is 1110. The van der Waals surface area contributed by atoms with Crippen LogP contribution in [-0.4, -0.2) is 65.1 Å². The Balaban J connectivity index is 0.00000408. The number of rotatable bonds is 9. The molecule has 3 rings (SSSR count). The van der Waals surface area contributed by atoms with E-state index < -0.39 is 30.3 Å². The number of benzene rings is 1. The number of nitrogens with two attached hydrogens (primary N) is 1. The molecule has 1 aromatic carbocycles. The van der Waals surface area contributed by atoms with Gasteiger partial charge in [0.2, 0.25) is 5.95 Å². The number of aromatic nitrogens is 2. The number of anilines is 4. The molecule has 0 saturated heterocycles. The summed E-state index contributed by atoms with van der Waals surface area (Å²) in [5, 5.41) is 28.3. The van der Waals surface area contributed by atoms with Gasteiger partial charge in [-0.05, 0) is 37.1 Å². The van der Waals surface area contributed by atoms with E-state index >= 15 is 0 Å². The van der Waals surface area contributed by atoms with E-state index in [9.17, 15) is 24.3 Å². The molecule has 14 heteroatoms. The summed E-state index contributed by atoms with van der Waals surface area (Å²) in [6, 6.07) is 4.94. The van der Waals surface area contributed by atoms with Crippen LogP contribution >= 0.6 is 0 Å². The van der Waals surface area contributed by atoms with Gasteiger partial charge in [-0.2, -0.15) is 4.98 Å². The fourth-order valence-electron chi connectivity index (χ4n) is 3.41. The molecule has 1 aliphatic rings. The molecule has 1 amide bonds. The number of nitrogen functional groups attached to an aromatic ring is 1. The van der Waals surface area contributed by atoms with Gasteiger partial charge >= 0.3 is 35.5 Å². The zero-order valence-corrected chi connectivity index (χ0v) is 20.8. The zero-order chi connectivity index (χ0) is 24.1. The van der Waals surface area contributed by atoms with Gasteiger partial charge in [-0.15, -0.1) is 0 Å². The molecule has 1 aliphatic heterocycles. The first kappa shape index (κ1) is 27.0. The predicted octanol–water partition coefficient (Wildman–Crippen LogP) is -4.59. The first-order valence-electron chi connectivity index (χ1n) is 10.1. The molecule has 1 aromatic heterocycles. The van der Waals surface area contributed by atoms with Crippen LogP contribution in [0, 0.1) is 0 Å². The second kappa shape index (κ2) is 11.7. The number of hydrogen-bond acceptors (Lipinski definition) is 10. The third kappa shape index (κ3) is 6.62. The van der Waals surface area contributed by atoms with Crippen molar-refractivity contribution in [2.45, 2.75) is 24.9 Å². The van der Waals surface area contributed by atoms with Gasteiger partial charge in [0.25, 0.3) is 11.5 Å². The molecule has 0 spiro atoms. The molecule has 34 heavy (non-hydrogen) atoms. The maximum Gasteiger partial charge on any atom is 1.00 e. The summed E-state index contributed by atoms with van der Waals surface area (Å²) >= 11 is 0. The topological polar surface area (TPSA) is 206 Å². The average molecular weight is 481 g/mol. The van der Waals surface area contributed by atoms with Gasteiger partial charge in [-0.25, -0.2) is 4.79 Å². The van der Waals surface area contributed by atoms with Crippen molar-refractivity contribution in [2.24, 2.45) is 0 Å². The number of hydrogen-bond donors (Lipinski definition) is 6. The second-order valence-corrected chi connectivity index (χ2v) is 7.53. The number of carbonyl (C=O) groups is 3. The number of aromatic amines is 1. The minimum Gasteiger partial charge on any atom is -0.550 e. The first-order chi connectivity index (χ1) is 15.7. The Hall–Kier alpha value is -3.29. The Labute approximate surface area is 216 Å². The van der Waals surface area contributed by atoms with Gasteiger partial charge in [-0.1, -0.05) is 0 Å². The van der Waals surface area contributed by atoms with Crippen molar-refractivity contribution in [2.75, 3.05) is 41.4 Å². The van der Waals surface area contributed by atoms with Crippen LogP contribution in [0.5, 0.6) is 0 Å². The number of likely N-dealkylation sites (N-methyl/N-ethyl adjacent to an activating group) is 1. The third-order valence-corrected chi connectivity index (χ3v) is 5.25. The van der Waals surface area contributed by atoms with Gasteiger partial charge in [0, 0.05) is 37.4 Å². The zero-order valence-electron chi connectivity index (χ0n) is 18.8. The van der Waals surface area contributed by atoms with Crippen LogP contribution in [0.25, 0.3) is 0 Å². The molecular formula is C20H24N7NaO6. The Morgan fingerprint density at radius 3 is 2.62 bits per heavy atom. The third-order valence-electron chi connectivity index (χ3n) is 5.25. The van der Waals surface area contributed by atoms with E-state index in [-0.39, 0.29) is 59.1 Å². The molecule has 13 nitrogen and oxygen atoms in total. The maximum absolute atomic E-state index is 12.3. The van der Waals surface area contributed by atoms with Gasteiger partial charge in [0.1, 0.15) is 11.7 Å². The predicted molar refractivity (Wildman–Crippen MR) is 118 cm³/mol. The number of nitrogens with zero attached hydrogens (tertiary/aromatic N) is 2. The van der Waals surface area contributed by atoms with Crippen LogP contribution in [0.4, 0.5) is 23.1 Å². The van der Waals surface area contributed by atoms with E-state index in [4.69, 9.17) is 10.8 Å². The molecule has 176 valence electrons. The monoisotopic (exact) mass is 481 g/mol. The van der Waals surface area contributed by atoms with Crippen molar-refractivity contribution in [1.82, 2.24) is 15.3 Å². The smallest absolute Gasteiger partial charge is 0.550 e. The number of carboxylic acids is 2. The number of carbonyl (C=O) groups excluding carboxylic acids is 2. The fraction of sp³-hybridized carbons (Fsp3) is 0.350. The number of fused-ring (bicyclic) bond motifs is 1. The molecule has 2 heterocycles. The molecule has 2 aromatic rings. The van der Waals surface area contributed by atoms with E-state index in [1.807, 2.05) is 4.90 Å². The van der Waals surface area contributed by atoms with Crippen LogP contribution in [0.2, 0.25) is 0 Å². The average Bonchev–Trinajstić information content (AvgIpc) is 2.75. The fourth-order valence-corrected chi connectivity index (χ4v) is 3.41. The van der Waals surface area contributed by atoms with Crippen molar-refractivity contribution >= 4 is 41.0 Å². The Kier molecular flexibility index (Phi) is 9.29. The Morgan fingerprint density at radius 1 is 1.32 bits per heavy atom. The molecular weight excluding hydrogens is 457 g/mol. The minimum atomic E-state index is -1.39. The first-order valence-corrected chi connectivity index (χ1v) is 10.1. The molecule has 0 bridgehead atoms. The molecule has 0 radical (unpaired) electrons. The SMILES string of the molecule is CN1c2c(nc(N)[nH]c2=O)NC[C@@H]1CNc1ccc(C(=O)N[C@@H](CCC(=O)[O-])C(=O)O)cc1.[Na+]. The van der Waals surface area contributed by atoms with Crippen LogP contribution in [0.1, 0.15) is 23.2 Å². The summed E-state index contributed by atoms with van der Waals surface area (Å²) < 4.78 is 0. The van der Waals surface area contributed by atoms with Crippen LogP contribution in [0.15, 0.2) is 29.1 Å². The van der Waals surface area contributed by atoms with Gasteiger partial charge < -0.3 is 41.6 Å². The molecule has 0 aliphatic carbocycles. The summed E-state index contributed by atoms with van der Waals surface area (Å²) in [7, 11) is 1.78. The maximum atomic E-state index is 12.3. The van der Waals surface area contributed by atoms with E-state index in [1.54, 1.807) is 19.2 Å². The molecule has 0 saturated carbocycles. The quantitative estimate of drug-likeness (QED) is 0.188.